The summed E-state index contributed by atoms with van der Waals surface area (Å²) in [5, 5.41) is 0. The van der Waals surface area contributed by atoms with E-state index in [2.05, 4.69) is 54.6 Å². The van der Waals surface area contributed by atoms with E-state index in [1.165, 1.54) is 14.7 Å². The van der Waals surface area contributed by atoms with Gasteiger partial charge in [0, 0.05) is 0 Å². The van der Waals surface area contributed by atoms with Gasteiger partial charge in [0.05, 0.1) is 0 Å². The summed E-state index contributed by atoms with van der Waals surface area (Å²) in [7, 11) is 0. The summed E-state index contributed by atoms with van der Waals surface area (Å²) in [4.78, 5) is 26.1. The number of benzene rings is 3. The van der Waals surface area contributed by atoms with Crippen LogP contribution in [0.25, 0.3) is 0 Å². The standard InChI is InChI=1S/C22H18I3O2/c26-21-23-25(22(27)24(21)16-18-11-5-2-6-12-18)20-14-8-7-13-19(20)15-17-9-3-1-4-10-17/h1-14H,15-16H2/q-1. The number of alkyl halides is 1. The predicted molar refractivity (Wildman–Crippen MR) is 123 cm³/mol. The monoisotopic (exact) mass is 695 g/mol. The molecule has 1 saturated heterocycles. The van der Waals surface area contributed by atoms with Crippen molar-refractivity contribution in [1.82, 2.24) is 0 Å². The molecule has 4 rings (SSSR count). The molecule has 0 bridgehead atoms. The van der Waals surface area contributed by atoms with Gasteiger partial charge in [0.25, 0.3) is 0 Å². The summed E-state index contributed by atoms with van der Waals surface area (Å²) in [6.07, 6.45) is 0.850. The molecule has 0 radical (unpaired) electrons. The maximum absolute atomic E-state index is 13.3. The molecule has 2 nitrogen and oxygen atoms in total. The Morgan fingerprint density at radius 1 is 0.704 bits per heavy atom. The van der Waals surface area contributed by atoms with Crippen molar-refractivity contribution < 1.29 is 26.8 Å². The first-order chi connectivity index (χ1) is 13.2. The average molecular weight is 695 g/mol. The van der Waals surface area contributed by atoms with Gasteiger partial charge in [-0.25, -0.2) is 0 Å². The molecule has 5 heteroatoms. The molecule has 0 amide bonds. The molecule has 0 saturated carbocycles. The number of carbonyl (C=O) groups excluding carboxylic acids is 2. The minimum atomic E-state index is -2.19. The van der Waals surface area contributed by atoms with E-state index in [1.54, 1.807) is 0 Å². The van der Waals surface area contributed by atoms with Gasteiger partial charge in [0.15, 0.2) is 0 Å². The third kappa shape index (κ3) is 4.61. The molecule has 0 unspecified atom stereocenters. The van der Waals surface area contributed by atoms with Crippen molar-refractivity contribution in [2.24, 2.45) is 0 Å². The van der Waals surface area contributed by atoms with Crippen molar-refractivity contribution in [3.05, 3.63) is 105 Å². The Morgan fingerprint density at radius 2 is 1.30 bits per heavy atom. The van der Waals surface area contributed by atoms with Gasteiger partial charge in [-0.05, 0) is 0 Å². The Morgan fingerprint density at radius 3 is 2.00 bits per heavy atom. The van der Waals surface area contributed by atoms with E-state index in [1.807, 2.05) is 30.3 Å². The van der Waals surface area contributed by atoms with Crippen molar-refractivity contribution in [2.75, 3.05) is 0 Å². The molecular formula is C22H18I3O2-. The minimum absolute atomic E-state index is 0.409. The molecule has 3 aromatic carbocycles. The molecule has 1 aliphatic rings. The third-order valence-electron chi connectivity index (χ3n) is 4.12. The number of hydrogen-bond acceptors (Lipinski definition) is 2. The van der Waals surface area contributed by atoms with Crippen molar-refractivity contribution in [3.63, 3.8) is 0 Å². The second-order valence-electron chi connectivity index (χ2n) is 6.00. The fraction of sp³-hybridized carbons (Fsp3) is 0.0909. The van der Waals surface area contributed by atoms with Gasteiger partial charge in [0.2, 0.25) is 0 Å². The summed E-state index contributed by atoms with van der Waals surface area (Å²) in [6, 6.07) is 28.8. The van der Waals surface area contributed by atoms with Gasteiger partial charge < -0.3 is 0 Å². The Labute approximate surface area is 180 Å². The first kappa shape index (κ1) is 19.5. The Bertz CT molecular complexity index is 958. The van der Waals surface area contributed by atoms with Gasteiger partial charge in [-0.15, -0.1) is 0 Å². The molecule has 1 heterocycles. The molecular weight excluding hydrogens is 677 g/mol. The van der Waals surface area contributed by atoms with E-state index in [9.17, 15) is 9.59 Å². The van der Waals surface area contributed by atoms with Gasteiger partial charge >= 0.3 is 182 Å². The van der Waals surface area contributed by atoms with Crippen LogP contribution in [0.5, 0.6) is 0 Å². The van der Waals surface area contributed by atoms with Crippen molar-refractivity contribution >= 4 is 39.3 Å². The van der Waals surface area contributed by atoms with Crippen LogP contribution in [-0.4, -0.2) is 3.59 Å². The molecule has 3 aromatic rings. The number of hydrogen-bond donors (Lipinski definition) is 0. The van der Waals surface area contributed by atoms with E-state index < -0.39 is 52.9 Å². The normalized spacial score (nSPS) is 17.0. The Balaban J connectivity index is 1.59. The van der Waals surface area contributed by atoms with Crippen LogP contribution in [0, 0.1) is 3.57 Å². The second kappa shape index (κ2) is 9.13. The predicted octanol–water partition coefficient (Wildman–Crippen LogP) is 3.92. The van der Waals surface area contributed by atoms with Crippen LogP contribution in [0.4, 0.5) is 9.59 Å². The van der Waals surface area contributed by atoms with Crippen molar-refractivity contribution in [1.29, 1.82) is 0 Å². The summed E-state index contributed by atoms with van der Waals surface area (Å²) >= 11 is -4.78. The van der Waals surface area contributed by atoms with Crippen LogP contribution < -0.4 is 17.2 Å². The van der Waals surface area contributed by atoms with E-state index in [-0.39, 0.29) is 0 Å². The molecule has 0 spiro atoms. The zero-order valence-electron chi connectivity index (χ0n) is 14.4. The van der Waals surface area contributed by atoms with Crippen LogP contribution in [0.2, 0.25) is 0 Å². The van der Waals surface area contributed by atoms with Crippen LogP contribution in [0.3, 0.4) is 0 Å². The van der Waals surface area contributed by atoms with E-state index in [0.717, 1.165) is 16.4 Å². The Kier molecular flexibility index (Phi) is 6.59. The number of halogens is 3. The van der Waals surface area contributed by atoms with E-state index in [0.29, 0.717) is 3.59 Å². The molecule has 140 valence electrons. The van der Waals surface area contributed by atoms with E-state index >= 15 is 0 Å². The molecule has 0 N–H and O–H groups in total. The maximum atomic E-state index is 13.3. The SMILES string of the molecule is O=C1[I-]I(c2ccccc2Cc2ccccc2)C(=O)I1Cc1ccccc1. The molecule has 1 fully saturated rings. The number of carbonyl (C=O) groups is 2. The van der Waals surface area contributed by atoms with Crippen LogP contribution in [0.1, 0.15) is 16.7 Å². The van der Waals surface area contributed by atoms with E-state index in [4.69, 9.17) is 0 Å². The van der Waals surface area contributed by atoms with Gasteiger partial charge in [-0.2, -0.15) is 0 Å². The first-order valence-corrected chi connectivity index (χ1v) is 21.7. The molecule has 1 aliphatic heterocycles. The van der Waals surface area contributed by atoms with Crippen LogP contribution in [0.15, 0.2) is 84.9 Å². The van der Waals surface area contributed by atoms with Crippen molar-refractivity contribution in [2.45, 2.75) is 10.8 Å². The molecule has 0 aliphatic carbocycles. The number of rotatable bonds is 5. The summed E-state index contributed by atoms with van der Waals surface area (Å²) in [5.74, 6) is 0. The molecule has 0 atom stereocenters. The summed E-state index contributed by atoms with van der Waals surface area (Å²) < 4.78 is 2.83. The molecule has 0 aromatic heterocycles. The summed E-state index contributed by atoms with van der Waals surface area (Å²) in [6.45, 7) is 0. The van der Waals surface area contributed by atoms with Gasteiger partial charge in [-0.3, -0.25) is 0 Å². The topological polar surface area (TPSA) is 34.1 Å². The molecule has 27 heavy (non-hydrogen) atoms. The van der Waals surface area contributed by atoms with Crippen LogP contribution in [-0.2, 0) is 10.8 Å². The zero-order valence-corrected chi connectivity index (χ0v) is 20.9. The third-order valence-corrected chi connectivity index (χ3v) is 43.2. The van der Waals surface area contributed by atoms with Gasteiger partial charge in [-0.1, -0.05) is 0 Å². The fourth-order valence-electron chi connectivity index (χ4n) is 2.82. The van der Waals surface area contributed by atoms with Gasteiger partial charge in [0.1, 0.15) is 0 Å². The first-order valence-electron chi connectivity index (χ1n) is 8.47. The second-order valence-corrected chi connectivity index (χ2v) is 28.0. The Hall–Kier alpha value is -0.810. The van der Waals surface area contributed by atoms with Crippen molar-refractivity contribution in [3.8, 4) is 0 Å². The quantitative estimate of drug-likeness (QED) is 0.231. The zero-order chi connectivity index (χ0) is 18.6. The summed E-state index contributed by atoms with van der Waals surface area (Å²) in [5.41, 5.74) is 3.67. The van der Waals surface area contributed by atoms with Crippen LogP contribution >= 0.6 is 35.7 Å². The average Bonchev–Trinajstić information content (AvgIpc) is 2.98. The fourth-order valence-corrected chi connectivity index (χ4v) is 55.6.